The van der Waals surface area contributed by atoms with Crippen LogP contribution in [-0.4, -0.2) is 37.8 Å². The molecule has 1 N–H and O–H groups in total. The highest BCUT2D eigenvalue weighted by Crippen LogP contribution is 2.26. The molecule has 6 heteroatoms. The van der Waals surface area contributed by atoms with Gasteiger partial charge in [0.15, 0.2) is 0 Å². The van der Waals surface area contributed by atoms with E-state index in [1.807, 2.05) is 0 Å². The summed E-state index contributed by atoms with van der Waals surface area (Å²) in [5.74, 6) is 0. The van der Waals surface area contributed by atoms with Crippen LogP contribution in [0.3, 0.4) is 0 Å². The van der Waals surface area contributed by atoms with Gasteiger partial charge in [0.25, 0.3) is 0 Å². The van der Waals surface area contributed by atoms with Gasteiger partial charge in [-0.3, -0.25) is 0 Å². The van der Waals surface area contributed by atoms with Gasteiger partial charge in [-0.05, 0) is 25.7 Å². The summed E-state index contributed by atoms with van der Waals surface area (Å²) < 4.78 is 32.5. The van der Waals surface area contributed by atoms with Crippen molar-refractivity contribution in [1.29, 1.82) is 0 Å². The van der Waals surface area contributed by atoms with Gasteiger partial charge in [0.2, 0.25) is 10.0 Å². The molecule has 2 atom stereocenters. The molecule has 0 aromatic carbocycles. The number of halogens is 1. The van der Waals surface area contributed by atoms with Crippen molar-refractivity contribution in [1.82, 2.24) is 4.72 Å². The van der Waals surface area contributed by atoms with Crippen LogP contribution in [-0.2, 0) is 14.8 Å². The van der Waals surface area contributed by atoms with Crippen LogP contribution in [0.4, 0.5) is 0 Å². The summed E-state index contributed by atoms with van der Waals surface area (Å²) in [4.78, 5) is 0.283. The number of hydrogen-bond donors (Lipinski definition) is 1. The van der Waals surface area contributed by atoms with E-state index < -0.39 is 10.0 Å². The van der Waals surface area contributed by atoms with E-state index in [2.05, 4.69) is 20.7 Å². The van der Waals surface area contributed by atoms with Gasteiger partial charge in [0.05, 0.1) is 5.25 Å². The third-order valence-corrected chi connectivity index (χ3v) is 6.68. The maximum Gasteiger partial charge on any atom is 0.214 e. The Morgan fingerprint density at radius 3 is 2.35 bits per heavy atom. The van der Waals surface area contributed by atoms with Crippen LogP contribution in [0, 0.1) is 0 Å². The first-order chi connectivity index (χ1) is 8.09. The molecular formula is C11H20BrNO3S. The smallest absolute Gasteiger partial charge is 0.214 e. The Morgan fingerprint density at radius 1 is 1.06 bits per heavy atom. The molecule has 0 bridgehead atoms. The standard InChI is InChI=1S/C11H20BrNO3S/c12-10-3-1-2-4-11(10)13-17(14,15)9-5-7-16-8-6-9/h9-11,13H,1-8H2. The molecule has 1 saturated carbocycles. The van der Waals surface area contributed by atoms with E-state index in [-0.39, 0.29) is 16.1 Å². The largest absolute Gasteiger partial charge is 0.381 e. The molecule has 2 rings (SSSR count). The van der Waals surface area contributed by atoms with Gasteiger partial charge in [0, 0.05) is 24.1 Å². The van der Waals surface area contributed by atoms with E-state index in [0.29, 0.717) is 26.1 Å². The lowest BCUT2D eigenvalue weighted by Gasteiger charge is -2.30. The first-order valence-corrected chi connectivity index (χ1v) is 8.79. The minimum atomic E-state index is -3.18. The summed E-state index contributed by atoms with van der Waals surface area (Å²) in [5.41, 5.74) is 0. The van der Waals surface area contributed by atoms with Gasteiger partial charge in [-0.25, -0.2) is 13.1 Å². The van der Waals surface area contributed by atoms with Crippen molar-refractivity contribution in [2.75, 3.05) is 13.2 Å². The molecule has 1 aliphatic heterocycles. The third-order valence-electron chi connectivity index (χ3n) is 3.60. The second kappa shape index (κ2) is 5.99. The SMILES string of the molecule is O=S(=O)(NC1CCCCC1Br)C1CCOCC1. The molecule has 0 spiro atoms. The van der Waals surface area contributed by atoms with Crippen LogP contribution < -0.4 is 4.72 Å². The fraction of sp³-hybridized carbons (Fsp3) is 1.00. The van der Waals surface area contributed by atoms with Crippen LogP contribution >= 0.6 is 15.9 Å². The van der Waals surface area contributed by atoms with E-state index in [1.165, 1.54) is 6.42 Å². The number of alkyl halides is 1. The average Bonchev–Trinajstić information content (AvgIpc) is 2.33. The summed E-state index contributed by atoms with van der Waals surface area (Å²) in [6, 6.07) is 0.0663. The minimum Gasteiger partial charge on any atom is -0.381 e. The quantitative estimate of drug-likeness (QED) is 0.805. The molecule has 0 aromatic heterocycles. The second-order valence-electron chi connectivity index (χ2n) is 4.88. The fourth-order valence-corrected chi connectivity index (χ4v) is 5.12. The molecule has 1 aliphatic carbocycles. The van der Waals surface area contributed by atoms with Gasteiger partial charge in [0.1, 0.15) is 0 Å². The van der Waals surface area contributed by atoms with Crippen LogP contribution in [0.5, 0.6) is 0 Å². The topological polar surface area (TPSA) is 55.4 Å². The summed E-state index contributed by atoms with van der Waals surface area (Å²) in [7, 11) is -3.18. The van der Waals surface area contributed by atoms with Crippen molar-refractivity contribution in [3.63, 3.8) is 0 Å². The zero-order valence-corrected chi connectivity index (χ0v) is 12.3. The molecule has 0 amide bonds. The zero-order valence-electron chi connectivity index (χ0n) is 9.90. The number of rotatable bonds is 3. The van der Waals surface area contributed by atoms with Crippen molar-refractivity contribution >= 4 is 26.0 Å². The van der Waals surface area contributed by atoms with Crippen LogP contribution in [0.1, 0.15) is 38.5 Å². The highest BCUT2D eigenvalue weighted by atomic mass is 79.9. The van der Waals surface area contributed by atoms with E-state index >= 15 is 0 Å². The lowest BCUT2D eigenvalue weighted by atomic mass is 9.96. The second-order valence-corrected chi connectivity index (χ2v) is 8.05. The Bertz CT molecular complexity index is 341. The van der Waals surface area contributed by atoms with E-state index in [1.54, 1.807) is 0 Å². The Kier molecular flexibility index (Phi) is 4.86. The molecule has 2 fully saturated rings. The summed E-state index contributed by atoms with van der Waals surface area (Å²) in [6.07, 6.45) is 5.54. The van der Waals surface area contributed by atoms with Crippen LogP contribution in [0.25, 0.3) is 0 Å². The normalized spacial score (nSPS) is 32.5. The molecule has 17 heavy (non-hydrogen) atoms. The summed E-state index contributed by atoms with van der Waals surface area (Å²) in [5, 5.41) is -0.266. The fourth-order valence-electron chi connectivity index (χ4n) is 2.51. The van der Waals surface area contributed by atoms with Crippen molar-refractivity contribution in [2.24, 2.45) is 0 Å². The number of hydrogen-bond acceptors (Lipinski definition) is 3. The molecule has 4 nitrogen and oxygen atoms in total. The molecule has 1 saturated heterocycles. The van der Waals surface area contributed by atoms with Gasteiger partial charge < -0.3 is 4.74 Å². The molecule has 100 valence electrons. The molecule has 2 unspecified atom stereocenters. The molecular weight excluding hydrogens is 306 g/mol. The van der Waals surface area contributed by atoms with E-state index in [4.69, 9.17) is 4.74 Å². The lowest BCUT2D eigenvalue weighted by Crippen LogP contribution is -2.47. The predicted octanol–water partition coefficient (Wildman–Crippen LogP) is 1.79. The monoisotopic (exact) mass is 325 g/mol. The van der Waals surface area contributed by atoms with Crippen molar-refractivity contribution in [3.8, 4) is 0 Å². The predicted molar refractivity (Wildman–Crippen MR) is 70.9 cm³/mol. The van der Waals surface area contributed by atoms with Crippen LogP contribution in [0.15, 0.2) is 0 Å². The van der Waals surface area contributed by atoms with Gasteiger partial charge in [-0.15, -0.1) is 0 Å². The number of ether oxygens (including phenoxy) is 1. The zero-order chi connectivity index (χ0) is 12.3. The van der Waals surface area contributed by atoms with E-state index in [9.17, 15) is 8.42 Å². The maximum absolute atomic E-state index is 12.2. The minimum absolute atomic E-state index is 0.0663. The first-order valence-electron chi connectivity index (χ1n) is 6.32. The molecule has 1 heterocycles. The Labute approximate surface area is 112 Å². The van der Waals surface area contributed by atoms with Crippen LogP contribution in [0.2, 0.25) is 0 Å². The lowest BCUT2D eigenvalue weighted by molar-refractivity contribution is 0.0980. The summed E-state index contributed by atoms with van der Waals surface area (Å²) >= 11 is 3.58. The van der Waals surface area contributed by atoms with Gasteiger partial charge in [-0.1, -0.05) is 28.8 Å². The third kappa shape index (κ3) is 3.66. The van der Waals surface area contributed by atoms with Crippen molar-refractivity contribution in [2.45, 2.75) is 54.6 Å². The molecule has 0 aromatic rings. The number of sulfonamides is 1. The summed E-state index contributed by atoms with van der Waals surface area (Å²) in [6.45, 7) is 1.13. The average molecular weight is 326 g/mol. The highest BCUT2D eigenvalue weighted by molar-refractivity contribution is 9.09. The van der Waals surface area contributed by atoms with Gasteiger partial charge >= 0.3 is 0 Å². The van der Waals surface area contributed by atoms with Gasteiger partial charge in [-0.2, -0.15) is 0 Å². The number of nitrogens with one attached hydrogen (secondary N) is 1. The Morgan fingerprint density at radius 2 is 1.71 bits per heavy atom. The Balaban J connectivity index is 1.95. The highest BCUT2D eigenvalue weighted by Gasteiger charge is 2.32. The van der Waals surface area contributed by atoms with Crippen molar-refractivity contribution < 1.29 is 13.2 Å². The van der Waals surface area contributed by atoms with Crippen molar-refractivity contribution in [3.05, 3.63) is 0 Å². The maximum atomic E-state index is 12.2. The first kappa shape index (κ1) is 13.8. The molecule has 2 aliphatic rings. The molecule has 0 radical (unpaired) electrons. The van der Waals surface area contributed by atoms with E-state index in [0.717, 1.165) is 19.3 Å². The Hall–Kier alpha value is 0.350.